The maximum atomic E-state index is 11.1. The number of hydrogen-bond acceptors (Lipinski definition) is 6. The first-order valence-corrected chi connectivity index (χ1v) is 6.95. The maximum Gasteiger partial charge on any atom is 0.294 e. The molecule has 0 aliphatic heterocycles. The van der Waals surface area contributed by atoms with Gasteiger partial charge in [-0.25, -0.2) is 9.97 Å². The first-order chi connectivity index (χ1) is 9.38. The van der Waals surface area contributed by atoms with Crippen molar-refractivity contribution in [2.75, 3.05) is 7.11 Å². The minimum Gasteiger partial charge on any atom is -0.481 e. The fourth-order valence-corrected chi connectivity index (χ4v) is 2.13. The van der Waals surface area contributed by atoms with Gasteiger partial charge in [0.2, 0.25) is 11.8 Å². The third kappa shape index (κ3) is 3.43. The number of aryl methyl sites for hydroxylation is 1. The van der Waals surface area contributed by atoms with Crippen molar-refractivity contribution in [1.82, 2.24) is 9.97 Å². The van der Waals surface area contributed by atoms with E-state index in [-0.39, 0.29) is 16.5 Å². The van der Waals surface area contributed by atoms with Crippen LogP contribution in [0.25, 0.3) is 0 Å². The molecule has 20 heavy (non-hydrogen) atoms. The van der Waals surface area contributed by atoms with Crippen molar-refractivity contribution in [1.29, 1.82) is 0 Å². The van der Waals surface area contributed by atoms with E-state index in [1.165, 1.54) is 31.6 Å². The summed E-state index contributed by atoms with van der Waals surface area (Å²) in [6.45, 7) is 1.68. The third-order valence-corrected chi connectivity index (χ3v) is 3.20. The molecular weight excluding hydrogens is 284 g/mol. The van der Waals surface area contributed by atoms with E-state index < -0.39 is 10.1 Å². The second kappa shape index (κ2) is 5.43. The van der Waals surface area contributed by atoms with Crippen LogP contribution in [0.5, 0.6) is 17.5 Å². The Kier molecular flexibility index (Phi) is 3.86. The van der Waals surface area contributed by atoms with Gasteiger partial charge in [-0.15, -0.1) is 0 Å². The summed E-state index contributed by atoms with van der Waals surface area (Å²) >= 11 is 0. The van der Waals surface area contributed by atoms with E-state index in [1.807, 2.05) is 0 Å². The molecule has 0 fully saturated rings. The van der Waals surface area contributed by atoms with E-state index in [2.05, 4.69) is 9.97 Å². The normalized spacial score (nSPS) is 11.2. The molecular formula is C12H12N2O5S. The number of hydrogen-bond donors (Lipinski definition) is 1. The molecule has 0 aliphatic carbocycles. The molecule has 2 aromatic rings. The van der Waals surface area contributed by atoms with Gasteiger partial charge in [-0.3, -0.25) is 4.55 Å². The number of rotatable bonds is 4. The number of nitrogens with zero attached hydrogens (tertiary/aromatic N) is 2. The number of ether oxygens (including phenoxy) is 2. The molecule has 0 saturated carbocycles. The Hall–Kier alpha value is -2.19. The SMILES string of the molecule is COc1cc(Oc2cc(C)cc(S(=O)(=O)O)c2)ncn1. The lowest BCUT2D eigenvalue weighted by Crippen LogP contribution is -1.99. The molecule has 1 N–H and O–H groups in total. The van der Waals surface area contributed by atoms with Crippen molar-refractivity contribution in [2.45, 2.75) is 11.8 Å². The van der Waals surface area contributed by atoms with E-state index in [1.54, 1.807) is 13.0 Å². The van der Waals surface area contributed by atoms with Crippen molar-refractivity contribution in [3.63, 3.8) is 0 Å². The van der Waals surface area contributed by atoms with Crippen LogP contribution in [0.15, 0.2) is 35.5 Å². The lowest BCUT2D eigenvalue weighted by Gasteiger charge is -2.08. The van der Waals surface area contributed by atoms with Crippen LogP contribution in [0.4, 0.5) is 0 Å². The zero-order chi connectivity index (χ0) is 14.8. The Labute approximate surface area is 116 Å². The highest BCUT2D eigenvalue weighted by Gasteiger charge is 2.12. The molecule has 1 aromatic carbocycles. The monoisotopic (exact) mass is 296 g/mol. The van der Waals surface area contributed by atoms with Crippen molar-refractivity contribution in [2.24, 2.45) is 0 Å². The Morgan fingerprint density at radius 3 is 2.45 bits per heavy atom. The second-order valence-corrected chi connectivity index (χ2v) is 5.38. The van der Waals surface area contributed by atoms with E-state index in [0.29, 0.717) is 11.4 Å². The average Bonchev–Trinajstić information content (AvgIpc) is 2.37. The molecule has 1 aromatic heterocycles. The zero-order valence-corrected chi connectivity index (χ0v) is 11.6. The summed E-state index contributed by atoms with van der Waals surface area (Å²) in [6, 6.07) is 5.61. The van der Waals surface area contributed by atoms with Gasteiger partial charge >= 0.3 is 0 Å². The predicted molar refractivity (Wildman–Crippen MR) is 69.7 cm³/mol. The summed E-state index contributed by atoms with van der Waals surface area (Å²) in [5.41, 5.74) is 0.621. The van der Waals surface area contributed by atoms with Crippen LogP contribution in [0.1, 0.15) is 5.56 Å². The highest BCUT2D eigenvalue weighted by molar-refractivity contribution is 7.85. The number of methoxy groups -OCH3 is 1. The first kappa shape index (κ1) is 14.2. The Bertz CT molecular complexity index is 730. The summed E-state index contributed by atoms with van der Waals surface area (Å²) < 4.78 is 41.7. The molecule has 8 heteroatoms. The Balaban J connectivity index is 2.36. The second-order valence-electron chi connectivity index (χ2n) is 3.96. The van der Waals surface area contributed by atoms with Crippen molar-refractivity contribution in [3.05, 3.63) is 36.2 Å². The summed E-state index contributed by atoms with van der Waals surface area (Å²) in [4.78, 5) is 7.46. The number of benzene rings is 1. The topological polar surface area (TPSA) is 98.6 Å². The quantitative estimate of drug-likeness (QED) is 0.859. The van der Waals surface area contributed by atoms with Crippen LogP contribution in [0.3, 0.4) is 0 Å². The van der Waals surface area contributed by atoms with Crippen LogP contribution >= 0.6 is 0 Å². The van der Waals surface area contributed by atoms with Gasteiger partial charge in [-0.05, 0) is 24.6 Å². The highest BCUT2D eigenvalue weighted by Crippen LogP contribution is 2.25. The van der Waals surface area contributed by atoms with Crippen molar-refractivity contribution >= 4 is 10.1 Å². The molecule has 2 rings (SSSR count). The van der Waals surface area contributed by atoms with E-state index >= 15 is 0 Å². The smallest absolute Gasteiger partial charge is 0.294 e. The van der Waals surface area contributed by atoms with Crippen LogP contribution in [-0.4, -0.2) is 30.0 Å². The molecule has 0 amide bonds. The molecule has 0 saturated heterocycles. The molecule has 0 unspecified atom stereocenters. The van der Waals surface area contributed by atoms with Crippen molar-refractivity contribution < 1.29 is 22.4 Å². The first-order valence-electron chi connectivity index (χ1n) is 5.51. The summed E-state index contributed by atoms with van der Waals surface area (Å²) in [5.74, 6) is 0.750. The average molecular weight is 296 g/mol. The van der Waals surface area contributed by atoms with Gasteiger partial charge in [0.15, 0.2) is 0 Å². The van der Waals surface area contributed by atoms with E-state index in [9.17, 15) is 8.42 Å². The minimum absolute atomic E-state index is 0.198. The maximum absolute atomic E-state index is 11.1. The predicted octanol–water partition coefficient (Wildman–Crippen LogP) is 1.83. The molecule has 1 heterocycles. The fourth-order valence-electron chi connectivity index (χ4n) is 1.53. The lowest BCUT2D eigenvalue weighted by molar-refractivity contribution is 0.387. The van der Waals surface area contributed by atoms with E-state index in [0.717, 1.165) is 0 Å². The van der Waals surface area contributed by atoms with Gasteiger partial charge in [0.25, 0.3) is 10.1 Å². The van der Waals surface area contributed by atoms with Crippen LogP contribution < -0.4 is 9.47 Å². The summed E-state index contributed by atoms with van der Waals surface area (Å²) in [6.07, 6.45) is 1.26. The largest absolute Gasteiger partial charge is 0.481 e. The van der Waals surface area contributed by atoms with Gasteiger partial charge in [-0.1, -0.05) is 0 Å². The fraction of sp³-hybridized carbons (Fsp3) is 0.167. The van der Waals surface area contributed by atoms with Crippen LogP contribution in [0, 0.1) is 6.92 Å². The lowest BCUT2D eigenvalue weighted by atomic mass is 10.2. The van der Waals surface area contributed by atoms with Crippen LogP contribution in [0.2, 0.25) is 0 Å². The Morgan fingerprint density at radius 1 is 1.10 bits per heavy atom. The molecule has 7 nitrogen and oxygen atoms in total. The summed E-state index contributed by atoms with van der Waals surface area (Å²) in [5, 5.41) is 0. The van der Waals surface area contributed by atoms with Gasteiger partial charge in [0.05, 0.1) is 18.1 Å². The van der Waals surface area contributed by atoms with Gasteiger partial charge in [0.1, 0.15) is 12.1 Å². The van der Waals surface area contributed by atoms with Crippen LogP contribution in [-0.2, 0) is 10.1 Å². The van der Waals surface area contributed by atoms with Crippen molar-refractivity contribution in [3.8, 4) is 17.5 Å². The third-order valence-electron chi connectivity index (χ3n) is 2.37. The van der Waals surface area contributed by atoms with Gasteiger partial charge < -0.3 is 9.47 Å². The minimum atomic E-state index is -4.29. The van der Waals surface area contributed by atoms with E-state index in [4.69, 9.17) is 14.0 Å². The molecule has 0 aliphatic rings. The zero-order valence-electron chi connectivity index (χ0n) is 10.8. The molecule has 0 spiro atoms. The highest BCUT2D eigenvalue weighted by atomic mass is 32.2. The molecule has 0 bridgehead atoms. The van der Waals surface area contributed by atoms with Gasteiger partial charge in [-0.2, -0.15) is 8.42 Å². The standard InChI is InChI=1S/C12H12N2O5S/c1-8-3-9(5-10(4-8)20(15,16)17)19-12-6-11(18-2)13-7-14-12/h3-7H,1-2H3,(H,15,16,17). The Morgan fingerprint density at radius 2 is 1.80 bits per heavy atom. The molecule has 0 radical (unpaired) electrons. The molecule has 106 valence electrons. The van der Waals surface area contributed by atoms with Gasteiger partial charge in [0, 0.05) is 6.07 Å². The number of aromatic nitrogens is 2. The summed E-state index contributed by atoms with van der Waals surface area (Å²) in [7, 11) is -2.84. The molecule has 0 atom stereocenters.